The van der Waals surface area contributed by atoms with Crippen molar-refractivity contribution in [1.82, 2.24) is 5.32 Å². The summed E-state index contributed by atoms with van der Waals surface area (Å²) >= 11 is 0. The Hall–Kier alpha value is -1.75. The van der Waals surface area contributed by atoms with Gasteiger partial charge in [0.2, 0.25) is 5.91 Å². The molecule has 0 bridgehead atoms. The molecule has 0 aliphatic heterocycles. The van der Waals surface area contributed by atoms with Gasteiger partial charge in [0.1, 0.15) is 11.5 Å². The van der Waals surface area contributed by atoms with Gasteiger partial charge in [-0.2, -0.15) is 0 Å². The molecular weight excluding hydrogens is 294 g/mol. The van der Waals surface area contributed by atoms with E-state index >= 15 is 0 Å². The number of hydrogen-bond acceptors (Lipinski definition) is 4. The molecule has 0 saturated carbocycles. The Bertz CT molecular complexity index is 476. The maximum Gasteiger partial charge on any atom is 0.220 e. The number of ether oxygens (including phenoxy) is 2. The average Bonchev–Trinajstić information content (AvgIpc) is 2.58. The van der Waals surface area contributed by atoms with E-state index in [-0.39, 0.29) is 5.91 Å². The van der Waals surface area contributed by atoms with E-state index in [2.05, 4.69) is 12.2 Å². The maximum absolute atomic E-state index is 11.8. The van der Waals surface area contributed by atoms with E-state index in [1.54, 1.807) is 32.4 Å². The van der Waals surface area contributed by atoms with E-state index in [4.69, 9.17) is 9.47 Å². The molecule has 1 aromatic rings. The summed E-state index contributed by atoms with van der Waals surface area (Å²) in [6, 6.07) is 5.27. The van der Waals surface area contributed by atoms with Crippen molar-refractivity contribution in [2.45, 2.75) is 51.6 Å². The number of unbranched alkanes of at least 4 members (excludes halogenated alkanes) is 3. The minimum Gasteiger partial charge on any atom is -0.497 e. The first-order chi connectivity index (χ1) is 11.1. The highest BCUT2D eigenvalue weighted by molar-refractivity contribution is 5.75. The van der Waals surface area contributed by atoms with Crippen LogP contribution in [-0.4, -0.2) is 31.8 Å². The smallest absolute Gasteiger partial charge is 0.220 e. The van der Waals surface area contributed by atoms with Crippen LogP contribution < -0.4 is 14.8 Å². The van der Waals surface area contributed by atoms with Crippen LogP contribution in [0.4, 0.5) is 0 Å². The highest BCUT2D eigenvalue weighted by Crippen LogP contribution is 2.31. The standard InChI is InChI=1S/C18H29NO4/c1-4-5-6-7-12-19-18(21)11-10-16(20)15-9-8-14(22-2)13-17(15)23-3/h8-9,13,16,20H,4-7,10-12H2,1-3H3,(H,19,21). The largest absolute Gasteiger partial charge is 0.497 e. The van der Waals surface area contributed by atoms with E-state index < -0.39 is 6.10 Å². The van der Waals surface area contributed by atoms with Crippen LogP contribution in [0.2, 0.25) is 0 Å². The predicted octanol–water partition coefficient (Wildman–Crippen LogP) is 3.21. The number of methoxy groups -OCH3 is 2. The molecule has 1 unspecified atom stereocenters. The predicted molar refractivity (Wildman–Crippen MR) is 90.9 cm³/mol. The molecule has 1 rings (SSSR count). The molecular formula is C18H29NO4. The van der Waals surface area contributed by atoms with Crippen molar-refractivity contribution in [2.75, 3.05) is 20.8 Å². The second-order valence-corrected chi connectivity index (χ2v) is 5.57. The fourth-order valence-corrected chi connectivity index (χ4v) is 2.39. The first-order valence-corrected chi connectivity index (χ1v) is 8.29. The Kier molecular flexibility index (Phi) is 9.14. The fourth-order valence-electron chi connectivity index (χ4n) is 2.39. The molecule has 0 spiro atoms. The average molecular weight is 323 g/mol. The van der Waals surface area contributed by atoms with E-state index in [9.17, 15) is 9.90 Å². The molecule has 0 radical (unpaired) electrons. The Morgan fingerprint density at radius 2 is 2.00 bits per heavy atom. The molecule has 5 nitrogen and oxygen atoms in total. The van der Waals surface area contributed by atoms with Crippen LogP contribution in [-0.2, 0) is 4.79 Å². The van der Waals surface area contributed by atoms with E-state index in [0.29, 0.717) is 36.4 Å². The molecule has 0 heterocycles. The van der Waals surface area contributed by atoms with E-state index in [0.717, 1.165) is 12.8 Å². The van der Waals surface area contributed by atoms with Crippen molar-refractivity contribution in [3.63, 3.8) is 0 Å². The van der Waals surface area contributed by atoms with Crippen LogP contribution in [0.3, 0.4) is 0 Å². The van der Waals surface area contributed by atoms with E-state index in [1.165, 1.54) is 12.8 Å². The summed E-state index contributed by atoms with van der Waals surface area (Å²) < 4.78 is 10.4. The molecule has 1 aromatic carbocycles. The first-order valence-electron chi connectivity index (χ1n) is 8.29. The molecule has 0 aliphatic carbocycles. The van der Waals surface area contributed by atoms with Gasteiger partial charge in [-0.3, -0.25) is 4.79 Å². The molecule has 130 valence electrons. The second-order valence-electron chi connectivity index (χ2n) is 5.57. The van der Waals surface area contributed by atoms with Crippen LogP contribution >= 0.6 is 0 Å². The van der Waals surface area contributed by atoms with Gasteiger partial charge in [0.25, 0.3) is 0 Å². The van der Waals surface area contributed by atoms with Crippen molar-refractivity contribution in [1.29, 1.82) is 0 Å². The maximum atomic E-state index is 11.8. The van der Waals surface area contributed by atoms with Crippen LogP contribution in [0.15, 0.2) is 18.2 Å². The number of nitrogens with one attached hydrogen (secondary N) is 1. The summed E-state index contributed by atoms with van der Waals surface area (Å²) in [5.41, 5.74) is 0.670. The van der Waals surface area contributed by atoms with Crippen molar-refractivity contribution in [3.8, 4) is 11.5 Å². The van der Waals surface area contributed by atoms with Crippen LogP contribution in [0.5, 0.6) is 11.5 Å². The van der Waals surface area contributed by atoms with Crippen molar-refractivity contribution in [2.24, 2.45) is 0 Å². The summed E-state index contributed by atoms with van der Waals surface area (Å²) in [5, 5.41) is 13.2. The summed E-state index contributed by atoms with van der Waals surface area (Å²) in [6.07, 6.45) is 4.46. The minimum absolute atomic E-state index is 0.0203. The van der Waals surface area contributed by atoms with Gasteiger partial charge in [0, 0.05) is 24.6 Å². The zero-order valence-corrected chi connectivity index (χ0v) is 14.4. The number of benzene rings is 1. The Balaban J connectivity index is 2.41. The van der Waals surface area contributed by atoms with Crippen LogP contribution in [0.1, 0.15) is 57.1 Å². The molecule has 23 heavy (non-hydrogen) atoms. The molecule has 2 N–H and O–H groups in total. The van der Waals surface area contributed by atoms with Crippen molar-refractivity contribution < 1.29 is 19.4 Å². The number of aliphatic hydroxyl groups is 1. The number of rotatable bonds is 11. The van der Waals surface area contributed by atoms with Crippen molar-refractivity contribution in [3.05, 3.63) is 23.8 Å². The first kappa shape index (κ1) is 19.3. The number of aliphatic hydroxyl groups excluding tert-OH is 1. The summed E-state index contributed by atoms with van der Waals surface area (Å²) in [6.45, 7) is 2.87. The topological polar surface area (TPSA) is 67.8 Å². The second kappa shape index (κ2) is 10.9. The van der Waals surface area contributed by atoms with Gasteiger partial charge < -0.3 is 19.9 Å². The number of hydrogen-bond donors (Lipinski definition) is 2. The zero-order chi connectivity index (χ0) is 17.1. The lowest BCUT2D eigenvalue weighted by Crippen LogP contribution is -2.24. The molecule has 1 amide bonds. The Labute approximate surface area is 139 Å². The van der Waals surface area contributed by atoms with Gasteiger partial charge >= 0.3 is 0 Å². The molecule has 0 fully saturated rings. The quantitative estimate of drug-likeness (QED) is 0.614. The molecule has 0 saturated heterocycles. The lowest BCUT2D eigenvalue weighted by molar-refractivity contribution is -0.121. The fraction of sp³-hybridized carbons (Fsp3) is 0.611. The lowest BCUT2D eigenvalue weighted by Gasteiger charge is -2.15. The molecule has 0 aromatic heterocycles. The molecule has 0 aliphatic rings. The van der Waals surface area contributed by atoms with Gasteiger partial charge in [0.15, 0.2) is 0 Å². The lowest BCUT2D eigenvalue weighted by atomic mass is 10.0. The molecule has 5 heteroatoms. The highest BCUT2D eigenvalue weighted by atomic mass is 16.5. The third kappa shape index (κ3) is 6.91. The van der Waals surface area contributed by atoms with Crippen molar-refractivity contribution >= 4 is 5.91 Å². The summed E-state index contributed by atoms with van der Waals surface area (Å²) in [5.74, 6) is 1.22. The zero-order valence-electron chi connectivity index (χ0n) is 14.4. The van der Waals surface area contributed by atoms with Gasteiger partial charge in [-0.15, -0.1) is 0 Å². The van der Waals surface area contributed by atoms with E-state index in [1.807, 2.05) is 0 Å². The van der Waals surface area contributed by atoms with Gasteiger partial charge in [-0.1, -0.05) is 26.2 Å². The normalized spacial score (nSPS) is 11.8. The number of amides is 1. The summed E-state index contributed by atoms with van der Waals surface area (Å²) in [7, 11) is 3.13. The van der Waals surface area contributed by atoms with Gasteiger partial charge in [-0.05, 0) is 25.0 Å². The Morgan fingerprint density at radius 1 is 1.22 bits per heavy atom. The third-order valence-electron chi connectivity index (χ3n) is 3.80. The van der Waals surface area contributed by atoms with Crippen LogP contribution in [0.25, 0.3) is 0 Å². The van der Waals surface area contributed by atoms with Gasteiger partial charge in [0.05, 0.1) is 20.3 Å². The highest BCUT2D eigenvalue weighted by Gasteiger charge is 2.15. The third-order valence-corrected chi connectivity index (χ3v) is 3.80. The number of carbonyl (C=O) groups excluding carboxylic acids is 1. The van der Waals surface area contributed by atoms with Crippen LogP contribution in [0, 0.1) is 0 Å². The Morgan fingerprint density at radius 3 is 2.65 bits per heavy atom. The SMILES string of the molecule is CCCCCCNC(=O)CCC(O)c1ccc(OC)cc1OC. The van der Waals surface area contributed by atoms with Gasteiger partial charge in [-0.25, -0.2) is 0 Å². The summed E-state index contributed by atoms with van der Waals surface area (Å²) in [4.78, 5) is 11.8. The number of carbonyl (C=O) groups is 1. The minimum atomic E-state index is -0.735. The monoisotopic (exact) mass is 323 g/mol. The molecule has 1 atom stereocenters.